The molecular formula is C12H16N5OS-. The van der Waals surface area contributed by atoms with E-state index in [4.69, 9.17) is 0 Å². The Hall–Kier alpha value is -1.50. The summed E-state index contributed by atoms with van der Waals surface area (Å²) >= 11 is 1.58. The van der Waals surface area contributed by atoms with Crippen LogP contribution >= 0.6 is 11.8 Å². The average Bonchev–Trinajstić information content (AvgIpc) is 2.84. The third kappa shape index (κ3) is 2.01. The molecule has 0 unspecified atom stereocenters. The summed E-state index contributed by atoms with van der Waals surface area (Å²) < 4.78 is 1.34. The van der Waals surface area contributed by atoms with Gasteiger partial charge in [-0.05, 0) is 32.4 Å². The first-order valence-electron chi connectivity index (χ1n) is 6.59. The molecule has 0 N–H and O–H groups in total. The third-order valence-electron chi connectivity index (χ3n) is 3.31. The van der Waals surface area contributed by atoms with Gasteiger partial charge in [-0.15, -0.1) is 16.9 Å². The van der Waals surface area contributed by atoms with Crippen molar-refractivity contribution in [1.82, 2.24) is 19.6 Å². The van der Waals surface area contributed by atoms with Gasteiger partial charge in [0.05, 0.1) is 5.69 Å². The lowest BCUT2D eigenvalue weighted by molar-refractivity contribution is -0.282. The van der Waals surface area contributed by atoms with Crippen molar-refractivity contribution in [2.24, 2.45) is 0 Å². The van der Waals surface area contributed by atoms with Crippen molar-refractivity contribution in [3.63, 3.8) is 0 Å². The largest absolute Gasteiger partial charge is 0.858 e. The van der Waals surface area contributed by atoms with E-state index in [0.717, 1.165) is 42.3 Å². The Labute approximate surface area is 115 Å². The van der Waals surface area contributed by atoms with Crippen LogP contribution in [-0.4, -0.2) is 38.4 Å². The number of hydrogen-bond donors (Lipinski definition) is 0. The molecule has 19 heavy (non-hydrogen) atoms. The molecule has 0 radical (unpaired) electrons. The van der Waals surface area contributed by atoms with E-state index < -0.39 is 0 Å². The highest BCUT2D eigenvalue weighted by Gasteiger charge is 2.18. The Balaban J connectivity index is 2.14. The van der Waals surface area contributed by atoms with E-state index in [2.05, 4.69) is 15.1 Å². The van der Waals surface area contributed by atoms with E-state index in [0.29, 0.717) is 11.7 Å². The highest BCUT2D eigenvalue weighted by atomic mass is 32.2. The molecule has 0 atom stereocenters. The standard InChI is InChI=1S/C12H17N5OS/c1-3-16(4-2)12-14-11-13-8-6-5-7-19-9(8)10(18)17(11)15-12/h18H,3-7H2,1-2H3/p-1. The predicted octanol–water partition coefficient (Wildman–Crippen LogP) is 1.08. The molecule has 0 bridgehead atoms. The molecular weight excluding hydrogens is 262 g/mol. The van der Waals surface area contributed by atoms with E-state index in [1.807, 2.05) is 18.7 Å². The Morgan fingerprint density at radius 3 is 2.84 bits per heavy atom. The smallest absolute Gasteiger partial charge is 0.253 e. The van der Waals surface area contributed by atoms with Crippen molar-refractivity contribution < 1.29 is 5.11 Å². The minimum absolute atomic E-state index is 0.0735. The molecule has 102 valence electrons. The Morgan fingerprint density at radius 1 is 1.32 bits per heavy atom. The maximum absolute atomic E-state index is 12.4. The molecule has 0 fully saturated rings. The first-order chi connectivity index (χ1) is 9.24. The molecule has 0 saturated heterocycles. The normalized spacial score (nSPS) is 14.6. The number of anilines is 1. The van der Waals surface area contributed by atoms with Crippen molar-refractivity contribution in [2.45, 2.75) is 31.6 Å². The quantitative estimate of drug-likeness (QED) is 0.837. The lowest BCUT2D eigenvalue weighted by Gasteiger charge is -2.20. The van der Waals surface area contributed by atoms with Crippen LogP contribution in [0.3, 0.4) is 0 Å². The maximum Gasteiger partial charge on any atom is 0.253 e. The molecule has 1 aliphatic rings. The Bertz CT molecular complexity index is 608. The summed E-state index contributed by atoms with van der Waals surface area (Å²) in [6.07, 6.45) is 1.93. The fourth-order valence-corrected chi connectivity index (χ4v) is 3.28. The van der Waals surface area contributed by atoms with Crippen molar-refractivity contribution in [3.8, 4) is 5.88 Å². The van der Waals surface area contributed by atoms with Crippen LogP contribution in [0.1, 0.15) is 26.0 Å². The van der Waals surface area contributed by atoms with E-state index >= 15 is 0 Å². The molecule has 3 heterocycles. The molecule has 0 saturated carbocycles. The van der Waals surface area contributed by atoms with Gasteiger partial charge in [0.15, 0.2) is 0 Å². The lowest BCUT2D eigenvalue weighted by Crippen LogP contribution is -2.23. The van der Waals surface area contributed by atoms with Gasteiger partial charge < -0.3 is 10.0 Å². The van der Waals surface area contributed by atoms with Gasteiger partial charge in [0.2, 0.25) is 5.95 Å². The number of aryl methyl sites for hydroxylation is 1. The average molecular weight is 278 g/mol. The zero-order valence-corrected chi connectivity index (χ0v) is 11.9. The van der Waals surface area contributed by atoms with Crippen molar-refractivity contribution in [1.29, 1.82) is 0 Å². The summed E-state index contributed by atoms with van der Waals surface area (Å²) in [6.45, 7) is 5.72. The minimum Gasteiger partial charge on any atom is -0.858 e. The Morgan fingerprint density at radius 2 is 2.11 bits per heavy atom. The third-order valence-corrected chi connectivity index (χ3v) is 4.50. The van der Waals surface area contributed by atoms with Crippen LogP contribution in [0.25, 0.3) is 5.78 Å². The van der Waals surface area contributed by atoms with Crippen molar-refractivity contribution in [2.75, 3.05) is 23.7 Å². The number of aromatic nitrogens is 4. The number of hydrogen-bond acceptors (Lipinski definition) is 6. The molecule has 0 spiro atoms. The minimum atomic E-state index is -0.0735. The zero-order chi connectivity index (χ0) is 13.4. The summed E-state index contributed by atoms with van der Waals surface area (Å²) in [6, 6.07) is 0. The van der Waals surface area contributed by atoms with Crippen LogP contribution in [0, 0.1) is 0 Å². The van der Waals surface area contributed by atoms with Crippen LogP contribution in [0.4, 0.5) is 5.95 Å². The molecule has 7 heteroatoms. The maximum atomic E-state index is 12.4. The van der Waals surface area contributed by atoms with Crippen molar-refractivity contribution >= 4 is 23.5 Å². The van der Waals surface area contributed by atoms with Gasteiger partial charge in [0.25, 0.3) is 5.78 Å². The van der Waals surface area contributed by atoms with Crippen molar-refractivity contribution in [3.05, 3.63) is 5.69 Å². The van der Waals surface area contributed by atoms with E-state index in [-0.39, 0.29) is 5.88 Å². The summed E-state index contributed by atoms with van der Waals surface area (Å²) in [5.41, 5.74) is 0.882. The summed E-state index contributed by atoms with van der Waals surface area (Å²) in [5.74, 6) is 1.92. The van der Waals surface area contributed by atoms with Gasteiger partial charge in [-0.3, -0.25) is 0 Å². The van der Waals surface area contributed by atoms with Crippen LogP contribution in [0.2, 0.25) is 0 Å². The highest BCUT2D eigenvalue weighted by molar-refractivity contribution is 7.99. The second kappa shape index (κ2) is 4.88. The SMILES string of the molecule is CCN(CC)c1nc2nc3c(c([O-])n2n1)SCCC3. The van der Waals surface area contributed by atoms with Gasteiger partial charge >= 0.3 is 0 Å². The van der Waals surface area contributed by atoms with Gasteiger partial charge in [0.1, 0.15) is 0 Å². The number of nitrogens with zero attached hydrogens (tertiary/aromatic N) is 5. The zero-order valence-electron chi connectivity index (χ0n) is 11.1. The number of thioether (sulfide) groups is 1. The van der Waals surface area contributed by atoms with Crippen LogP contribution in [0.5, 0.6) is 5.88 Å². The Kier molecular flexibility index (Phi) is 3.22. The number of fused-ring (bicyclic) bond motifs is 2. The monoisotopic (exact) mass is 278 g/mol. The van der Waals surface area contributed by atoms with E-state index in [9.17, 15) is 5.11 Å². The molecule has 2 aromatic heterocycles. The molecule has 2 aromatic rings. The second-order valence-corrected chi connectivity index (χ2v) is 5.55. The lowest BCUT2D eigenvalue weighted by atomic mass is 10.2. The van der Waals surface area contributed by atoms with Crippen LogP contribution < -0.4 is 10.0 Å². The van der Waals surface area contributed by atoms with Gasteiger partial charge in [-0.25, -0.2) is 9.50 Å². The molecule has 0 amide bonds. The molecule has 6 nitrogen and oxygen atoms in total. The topological polar surface area (TPSA) is 69.4 Å². The van der Waals surface area contributed by atoms with Gasteiger partial charge in [-0.2, -0.15) is 4.98 Å². The van der Waals surface area contributed by atoms with Crippen LogP contribution in [0.15, 0.2) is 4.90 Å². The fourth-order valence-electron chi connectivity index (χ4n) is 2.26. The molecule has 0 aromatic carbocycles. The van der Waals surface area contributed by atoms with E-state index in [1.165, 1.54) is 4.52 Å². The predicted molar refractivity (Wildman–Crippen MR) is 72.8 cm³/mol. The van der Waals surface area contributed by atoms with Gasteiger partial charge in [-0.1, -0.05) is 0 Å². The molecule has 1 aliphatic heterocycles. The molecule has 3 rings (SSSR count). The van der Waals surface area contributed by atoms with Crippen LogP contribution in [-0.2, 0) is 6.42 Å². The summed E-state index contributed by atoms with van der Waals surface area (Å²) in [5, 5.41) is 16.7. The first-order valence-corrected chi connectivity index (χ1v) is 7.57. The highest BCUT2D eigenvalue weighted by Crippen LogP contribution is 2.34. The second-order valence-electron chi connectivity index (χ2n) is 4.44. The summed E-state index contributed by atoms with van der Waals surface area (Å²) in [7, 11) is 0. The summed E-state index contributed by atoms with van der Waals surface area (Å²) in [4.78, 5) is 11.6. The van der Waals surface area contributed by atoms with Gasteiger partial charge in [0, 0.05) is 23.9 Å². The first kappa shape index (κ1) is 12.5. The molecule has 0 aliphatic carbocycles. The fraction of sp³-hybridized carbons (Fsp3) is 0.583. The van der Waals surface area contributed by atoms with E-state index in [1.54, 1.807) is 11.8 Å². The number of rotatable bonds is 3.